The standard InChI is InChI=1S/C11H16O4S2/c1-11(2,3)8-14-17(12,13)15-9-4-6-10(16)7-5-9/h4-7,16H,8H2,1-3H3. The van der Waals surface area contributed by atoms with Crippen LogP contribution in [0.3, 0.4) is 0 Å². The first-order valence-electron chi connectivity index (χ1n) is 5.06. The van der Waals surface area contributed by atoms with E-state index in [-0.39, 0.29) is 17.8 Å². The average molecular weight is 276 g/mol. The van der Waals surface area contributed by atoms with Crippen molar-refractivity contribution in [3.05, 3.63) is 24.3 Å². The zero-order valence-electron chi connectivity index (χ0n) is 10.0. The quantitative estimate of drug-likeness (QED) is 0.859. The summed E-state index contributed by atoms with van der Waals surface area (Å²) in [5.41, 5.74) is -0.245. The first-order valence-corrected chi connectivity index (χ1v) is 6.84. The van der Waals surface area contributed by atoms with Crippen LogP contribution < -0.4 is 4.18 Å². The number of hydrogen-bond donors (Lipinski definition) is 1. The van der Waals surface area contributed by atoms with E-state index < -0.39 is 10.4 Å². The van der Waals surface area contributed by atoms with Gasteiger partial charge < -0.3 is 4.18 Å². The molecular formula is C11H16O4S2. The Morgan fingerprint density at radius 1 is 1.18 bits per heavy atom. The van der Waals surface area contributed by atoms with Crippen LogP contribution in [-0.2, 0) is 14.6 Å². The maximum Gasteiger partial charge on any atom is 0.449 e. The van der Waals surface area contributed by atoms with Gasteiger partial charge in [-0.1, -0.05) is 20.8 Å². The summed E-state index contributed by atoms with van der Waals surface area (Å²) in [5, 5.41) is 0. The van der Waals surface area contributed by atoms with Gasteiger partial charge in [0.15, 0.2) is 0 Å². The lowest BCUT2D eigenvalue weighted by Gasteiger charge is -2.17. The van der Waals surface area contributed by atoms with Crippen molar-refractivity contribution in [3.8, 4) is 5.75 Å². The van der Waals surface area contributed by atoms with E-state index in [1.807, 2.05) is 20.8 Å². The molecule has 0 saturated heterocycles. The van der Waals surface area contributed by atoms with Crippen LogP contribution in [0.15, 0.2) is 29.2 Å². The van der Waals surface area contributed by atoms with E-state index >= 15 is 0 Å². The summed E-state index contributed by atoms with van der Waals surface area (Å²) in [6.07, 6.45) is 0. The Balaban J connectivity index is 2.64. The molecule has 0 unspecified atom stereocenters. The van der Waals surface area contributed by atoms with Gasteiger partial charge in [-0.2, -0.15) is 8.42 Å². The van der Waals surface area contributed by atoms with Crippen molar-refractivity contribution >= 4 is 23.0 Å². The zero-order valence-corrected chi connectivity index (χ0v) is 11.7. The van der Waals surface area contributed by atoms with Gasteiger partial charge in [0.2, 0.25) is 0 Å². The van der Waals surface area contributed by atoms with Crippen molar-refractivity contribution in [3.63, 3.8) is 0 Å². The molecule has 4 nitrogen and oxygen atoms in total. The van der Waals surface area contributed by atoms with Gasteiger partial charge in [-0.25, -0.2) is 4.18 Å². The fourth-order valence-electron chi connectivity index (χ4n) is 0.893. The molecule has 1 aromatic rings. The molecule has 96 valence electrons. The lowest BCUT2D eigenvalue weighted by Crippen LogP contribution is -2.21. The maximum atomic E-state index is 11.5. The van der Waals surface area contributed by atoms with Gasteiger partial charge in [-0.05, 0) is 29.7 Å². The molecule has 1 rings (SSSR count). The SMILES string of the molecule is CC(C)(C)COS(=O)(=O)Oc1ccc(S)cc1. The molecule has 0 amide bonds. The summed E-state index contributed by atoms with van der Waals surface area (Å²) >= 11 is 4.09. The third-order valence-corrected chi connectivity index (χ3v) is 2.77. The molecule has 0 N–H and O–H groups in total. The van der Waals surface area contributed by atoms with Crippen molar-refractivity contribution in [2.75, 3.05) is 6.61 Å². The van der Waals surface area contributed by atoms with Gasteiger partial charge >= 0.3 is 10.4 Å². The van der Waals surface area contributed by atoms with Crippen LogP contribution in [0.2, 0.25) is 0 Å². The van der Waals surface area contributed by atoms with Crippen LogP contribution in [0.1, 0.15) is 20.8 Å². The normalized spacial score (nSPS) is 12.5. The fourth-order valence-corrected chi connectivity index (χ4v) is 1.93. The summed E-state index contributed by atoms with van der Waals surface area (Å²) in [7, 11) is -4.01. The van der Waals surface area contributed by atoms with E-state index in [0.29, 0.717) is 0 Å². The van der Waals surface area contributed by atoms with Gasteiger partial charge in [0.25, 0.3) is 0 Å². The van der Waals surface area contributed by atoms with E-state index in [0.717, 1.165) is 4.90 Å². The second kappa shape index (κ2) is 5.29. The highest BCUT2D eigenvalue weighted by atomic mass is 32.3. The molecule has 17 heavy (non-hydrogen) atoms. The van der Waals surface area contributed by atoms with Crippen LogP contribution in [0, 0.1) is 5.41 Å². The molecule has 0 atom stereocenters. The first-order chi connectivity index (χ1) is 7.68. The predicted octanol–water partition coefficient (Wildman–Crippen LogP) is 2.66. The minimum absolute atomic E-state index is 0.0694. The van der Waals surface area contributed by atoms with Crippen molar-refractivity contribution in [1.82, 2.24) is 0 Å². The lowest BCUT2D eigenvalue weighted by molar-refractivity contribution is 0.184. The zero-order chi connectivity index (χ0) is 13.1. The molecule has 0 aliphatic carbocycles. The van der Waals surface area contributed by atoms with Gasteiger partial charge in [0, 0.05) is 4.90 Å². The van der Waals surface area contributed by atoms with E-state index in [2.05, 4.69) is 12.6 Å². The van der Waals surface area contributed by atoms with E-state index in [9.17, 15) is 8.42 Å². The molecule has 6 heteroatoms. The molecule has 0 radical (unpaired) electrons. The topological polar surface area (TPSA) is 52.6 Å². The molecule has 0 heterocycles. The first kappa shape index (κ1) is 14.3. The summed E-state index contributed by atoms with van der Waals surface area (Å²) in [4.78, 5) is 0.727. The number of rotatable bonds is 4. The van der Waals surface area contributed by atoms with E-state index in [4.69, 9.17) is 8.37 Å². The second-order valence-electron chi connectivity index (χ2n) is 4.81. The Kier molecular flexibility index (Phi) is 4.46. The van der Waals surface area contributed by atoms with Crippen molar-refractivity contribution in [1.29, 1.82) is 0 Å². The van der Waals surface area contributed by atoms with Crippen molar-refractivity contribution in [2.45, 2.75) is 25.7 Å². The Morgan fingerprint density at radius 2 is 1.71 bits per heavy atom. The summed E-state index contributed by atoms with van der Waals surface area (Å²) in [6, 6.07) is 6.30. The number of thiol groups is 1. The molecular weight excluding hydrogens is 260 g/mol. The summed E-state index contributed by atoms with van der Waals surface area (Å²) < 4.78 is 32.5. The highest BCUT2D eigenvalue weighted by molar-refractivity contribution is 7.82. The highest BCUT2D eigenvalue weighted by Gasteiger charge is 2.19. The smallest absolute Gasteiger partial charge is 0.362 e. The van der Waals surface area contributed by atoms with E-state index in [1.54, 1.807) is 12.1 Å². The van der Waals surface area contributed by atoms with Crippen LogP contribution in [0.4, 0.5) is 0 Å². The van der Waals surface area contributed by atoms with Gasteiger partial charge in [-0.15, -0.1) is 12.6 Å². The monoisotopic (exact) mass is 276 g/mol. The third-order valence-electron chi connectivity index (χ3n) is 1.67. The van der Waals surface area contributed by atoms with Crippen molar-refractivity contribution < 1.29 is 16.8 Å². The number of benzene rings is 1. The fraction of sp³-hybridized carbons (Fsp3) is 0.455. The minimum atomic E-state index is -4.01. The van der Waals surface area contributed by atoms with Crippen LogP contribution >= 0.6 is 12.6 Å². The number of hydrogen-bond acceptors (Lipinski definition) is 5. The Labute approximate surface area is 108 Å². The Morgan fingerprint density at radius 3 is 2.18 bits per heavy atom. The molecule has 0 aliphatic heterocycles. The predicted molar refractivity (Wildman–Crippen MR) is 68.6 cm³/mol. The summed E-state index contributed by atoms with van der Waals surface area (Å²) in [5.74, 6) is 0.205. The Bertz CT molecular complexity index is 457. The molecule has 0 spiro atoms. The second-order valence-corrected chi connectivity index (χ2v) is 6.54. The van der Waals surface area contributed by atoms with E-state index in [1.165, 1.54) is 12.1 Å². The Hall–Kier alpha value is -0.720. The largest absolute Gasteiger partial charge is 0.449 e. The molecule has 0 aromatic heterocycles. The van der Waals surface area contributed by atoms with Crippen LogP contribution in [-0.4, -0.2) is 15.0 Å². The van der Waals surface area contributed by atoms with Gasteiger partial charge in [0.05, 0.1) is 6.61 Å². The molecule has 0 bridgehead atoms. The highest BCUT2D eigenvalue weighted by Crippen LogP contribution is 2.19. The molecule has 0 fully saturated rings. The summed E-state index contributed by atoms with van der Waals surface area (Å²) in [6.45, 7) is 5.69. The third kappa shape index (κ3) is 5.95. The van der Waals surface area contributed by atoms with Gasteiger partial charge in [-0.3, -0.25) is 0 Å². The lowest BCUT2D eigenvalue weighted by atomic mass is 9.99. The van der Waals surface area contributed by atoms with Crippen LogP contribution in [0.5, 0.6) is 5.75 Å². The molecule has 0 aliphatic rings. The molecule has 0 saturated carbocycles. The van der Waals surface area contributed by atoms with Crippen molar-refractivity contribution in [2.24, 2.45) is 5.41 Å². The average Bonchev–Trinajstić information content (AvgIpc) is 2.18. The van der Waals surface area contributed by atoms with Gasteiger partial charge in [0.1, 0.15) is 5.75 Å². The minimum Gasteiger partial charge on any atom is -0.362 e. The van der Waals surface area contributed by atoms with Crippen LogP contribution in [0.25, 0.3) is 0 Å². The molecule has 1 aromatic carbocycles. The maximum absolute atomic E-state index is 11.5.